The van der Waals surface area contributed by atoms with Crippen LogP contribution < -0.4 is 0 Å². The van der Waals surface area contributed by atoms with E-state index in [1.54, 1.807) is 0 Å². The summed E-state index contributed by atoms with van der Waals surface area (Å²) in [4.78, 5) is 11.5. The second kappa shape index (κ2) is 5.92. The number of hydrogen-bond acceptors (Lipinski definition) is 3. The maximum absolute atomic E-state index is 11.5. The molecule has 1 nitrogen and oxygen atoms in total. The van der Waals surface area contributed by atoms with Crippen molar-refractivity contribution in [2.24, 2.45) is 5.92 Å². The molecule has 12 heavy (non-hydrogen) atoms. The molecule has 0 N–H and O–H groups in total. The van der Waals surface area contributed by atoms with Gasteiger partial charge in [-0.15, -0.1) is 0 Å². The Morgan fingerprint density at radius 3 is 2.58 bits per heavy atom. The molecule has 0 aromatic carbocycles. The third-order valence-corrected chi connectivity index (χ3v) is 3.83. The zero-order valence-corrected chi connectivity index (χ0v) is 9.00. The lowest BCUT2D eigenvalue weighted by molar-refractivity contribution is -0.115. The van der Waals surface area contributed by atoms with Crippen molar-refractivity contribution in [1.29, 1.82) is 0 Å². The molecule has 70 valence electrons. The fraction of sp³-hybridized carbons (Fsp3) is 0.889. The summed E-state index contributed by atoms with van der Waals surface area (Å²) < 4.78 is 0. The number of thiol groups is 1. The zero-order chi connectivity index (χ0) is 8.81. The van der Waals surface area contributed by atoms with Crippen molar-refractivity contribution >= 4 is 29.5 Å². The van der Waals surface area contributed by atoms with E-state index in [1.807, 2.05) is 0 Å². The monoisotopic (exact) mass is 204 g/mol. The van der Waals surface area contributed by atoms with Crippen molar-refractivity contribution in [3.8, 4) is 0 Å². The van der Waals surface area contributed by atoms with Crippen molar-refractivity contribution in [2.45, 2.75) is 32.1 Å². The van der Waals surface area contributed by atoms with Crippen LogP contribution in [0, 0.1) is 5.92 Å². The van der Waals surface area contributed by atoms with E-state index in [4.69, 9.17) is 0 Å². The summed E-state index contributed by atoms with van der Waals surface area (Å²) in [7, 11) is 0. The van der Waals surface area contributed by atoms with Gasteiger partial charge < -0.3 is 0 Å². The lowest BCUT2D eigenvalue weighted by Crippen LogP contribution is -2.15. The number of rotatable bonds is 3. The summed E-state index contributed by atoms with van der Waals surface area (Å²) in [5.41, 5.74) is 0. The Hall–Kier alpha value is 0.370. The summed E-state index contributed by atoms with van der Waals surface area (Å²) in [5, 5.41) is 0.406. The predicted molar refractivity (Wildman–Crippen MR) is 57.9 cm³/mol. The summed E-state index contributed by atoms with van der Waals surface area (Å²) in [6, 6.07) is 0. The van der Waals surface area contributed by atoms with Crippen molar-refractivity contribution < 1.29 is 4.79 Å². The smallest absolute Gasteiger partial charge is 0.192 e. The van der Waals surface area contributed by atoms with Gasteiger partial charge in [0.05, 0.1) is 0 Å². The summed E-state index contributed by atoms with van der Waals surface area (Å²) >= 11 is 5.55. The van der Waals surface area contributed by atoms with Crippen LogP contribution in [0.4, 0.5) is 0 Å². The second-order valence-corrected chi connectivity index (χ2v) is 4.77. The van der Waals surface area contributed by atoms with E-state index in [2.05, 4.69) is 12.6 Å². The Kier molecular flexibility index (Phi) is 5.16. The molecule has 0 spiro atoms. The lowest BCUT2D eigenvalue weighted by Gasteiger charge is -2.19. The average Bonchev–Trinajstić information content (AvgIpc) is 2.15. The standard InChI is InChI=1S/C9H16OS2/c10-9(12-7-6-11)8-4-2-1-3-5-8/h8,11H,1-7H2. The highest BCUT2D eigenvalue weighted by Gasteiger charge is 2.20. The minimum Gasteiger partial charge on any atom is -0.287 e. The SMILES string of the molecule is O=C(SCCS)C1CCCCC1. The number of hydrogen-bond donors (Lipinski definition) is 1. The van der Waals surface area contributed by atoms with Gasteiger partial charge in [0.1, 0.15) is 0 Å². The van der Waals surface area contributed by atoms with Crippen LogP contribution in [0.5, 0.6) is 0 Å². The molecule has 0 radical (unpaired) electrons. The van der Waals surface area contributed by atoms with Crippen molar-refractivity contribution in [1.82, 2.24) is 0 Å². The average molecular weight is 204 g/mol. The molecule has 0 saturated heterocycles. The Morgan fingerprint density at radius 1 is 1.33 bits per heavy atom. The van der Waals surface area contributed by atoms with Crippen LogP contribution in [0.15, 0.2) is 0 Å². The quantitative estimate of drug-likeness (QED) is 0.712. The Balaban J connectivity index is 2.20. The molecule has 1 saturated carbocycles. The fourth-order valence-corrected chi connectivity index (χ4v) is 2.64. The maximum Gasteiger partial charge on any atom is 0.192 e. The van der Waals surface area contributed by atoms with Gasteiger partial charge in [0.25, 0.3) is 0 Å². The van der Waals surface area contributed by atoms with E-state index in [0.29, 0.717) is 11.0 Å². The van der Waals surface area contributed by atoms with Gasteiger partial charge >= 0.3 is 0 Å². The van der Waals surface area contributed by atoms with Crippen LogP contribution in [-0.2, 0) is 4.79 Å². The maximum atomic E-state index is 11.5. The molecule has 0 atom stereocenters. The normalized spacial score (nSPS) is 19.4. The molecule has 3 heteroatoms. The van der Waals surface area contributed by atoms with E-state index < -0.39 is 0 Å². The molecule has 0 aromatic heterocycles. The summed E-state index contributed by atoms with van der Waals surface area (Å²) in [6.07, 6.45) is 6.06. The first-order valence-corrected chi connectivity index (χ1v) is 6.24. The molecule has 1 rings (SSSR count). The van der Waals surface area contributed by atoms with Gasteiger partial charge in [-0.2, -0.15) is 12.6 Å². The highest BCUT2D eigenvalue weighted by atomic mass is 32.2. The van der Waals surface area contributed by atoms with E-state index in [-0.39, 0.29) is 0 Å². The predicted octanol–water partition coefficient (Wildman–Crippen LogP) is 2.76. The van der Waals surface area contributed by atoms with Gasteiger partial charge in [0, 0.05) is 11.7 Å². The minimum atomic E-state index is 0.364. The molecule has 0 unspecified atom stereocenters. The van der Waals surface area contributed by atoms with Crippen molar-refractivity contribution in [2.75, 3.05) is 11.5 Å². The zero-order valence-electron chi connectivity index (χ0n) is 7.29. The molecule has 0 bridgehead atoms. The Labute approximate surface area is 84.1 Å². The van der Waals surface area contributed by atoms with E-state index in [1.165, 1.54) is 31.0 Å². The molecule has 1 fully saturated rings. The summed E-state index contributed by atoms with van der Waals surface area (Å²) in [6.45, 7) is 0. The Bertz CT molecular complexity index is 141. The van der Waals surface area contributed by atoms with Gasteiger partial charge in [-0.1, -0.05) is 31.0 Å². The lowest BCUT2D eigenvalue weighted by atomic mass is 9.90. The number of carbonyl (C=O) groups excluding carboxylic acids is 1. The van der Waals surface area contributed by atoms with Crippen LogP contribution in [-0.4, -0.2) is 16.6 Å². The molecule has 1 aliphatic carbocycles. The largest absolute Gasteiger partial charge is 0.287 e. The Morgan fingerprint density at radius 2 is 2.00 bits per heavy atom. The van der Waals surface area contributed by atoms with Crippen molar-refractivity contribution in [3.05, 3.63) is 0 Å². The number of thioether (sulfide) groups is 1. The molecule has 0 aromatic rings. The summed E-state index contributed by atoms with van der Waals surface area (Å²) in [5.74, 6) is 2.05. The molecule has 1 aliphatic rings. The minimum absolute atomic E-state index is 0.364. The van der Waals surface area contributed by atoms with E-state index >= 15 is 0 Å². The third-order valence-electron chi connectivity index (χ3n) is 2.27. The van der Waals surface area contributed by atoms with Crippen molar-refractivity contribution in [3.63, 3.8) is 0 Å². The van der Waals surface area contributed by atoms with E-state index in [0.717, 1.165) is 24.3 Å². The first-order valence-electron chi connectivity index (χ1n) is 4.62. The van der Waals surface area contributed by atoms with Gasteiger partial charge in [0.15, 0.2) is 5.12 Å². The number of carbonyl (C=O) groups is 1. The molecule has 0 heterocycles. The van der Waals surface area contributed by atoms with Crippen LogP contribution in [0.25, 0.3) is 0 Å². The first kappa shape index (κ1) is 10.5. The fourth-order valence-electron chi connectivity index (χ4n) is 1.60. The van der Waals surface area contributed by atoms with Crippen LogP contribution in [0.1, 0.15) is 32.1 Å². The topological polar surface area (TPSA) is 17.1 Å². The third kappa shape index (κ3) is 3.40. The molecule has 0 amide bonds. The second-order valence-electron chi connectivity index (χ2n) is 3.23. The van der Waals surface area contributed by atoms with E-state index in [9.17, 15) is 4.79 Å². The van der Waals surface area contributed by atoms with Gasteiger partial charge in [-0.05, 0) is 18.6 Å². The molecule has 0 aliphatic heterocycles. The van der Waals surface area contributed by atoms with Crippen LogP contribution in [0.3, 0.4) is 0 Å². The molecular weight excluding hydrogens is 188 g/mol. The van der Waals surface area contributed by atoms with Gasteiger partial charge in [-0.25, -0.2) is 0 Å². The van der Waals surface area contributed by atoms with Gasteiger partial charge in [0.2, 0.25) is 0 Å². The molecular formula is C9H16OS2. The first-order chi connectivity index (χ1) is 5.84. The van der Waals surface area contributed by atoms with Crippen LogP contribution >= 0.6 is 24.4 Å². The van der Waals surface area contributed by atoms with Gasteiger partial charge in [-0.3, -0.25) is 4.79 Å². The highest BCUT2D eigenvalue weighted by Crippen LogP contribution is 2.27. The van der Waals surface area contributed by atoms with Crippen LogP contribution in [0.2, 0.25) is 0 Å². The highest BCUT2D eigenvalue weighted by molar-refractivity contribution is 8.14.